The van der Waals surface area contributed by atoms with E-state index in [9.17, 15) is 19.5 Å². The van der Waals surface area contributed by atoms with E-state index in [0.29, 0.717) is 11.3 Å². The van der Waals surface area contributed by atoms with Gasteiger partial charge in [0.1, 0.15) is 11.4 Å². The number of thioether (sulfide) groups is 1. The molecule has 2 aliphatic rings. The number of amides is 2. The minimum atomic E-state index is -1.50. The van der Waals surface area contributed by atoms with Gasteiger partial charge in [-0.05, 0) is 29.3 Å². The fraction of sp³-hybridized carbons (Fsp3) is 0.533. The maximum atomic E-state index is 12.6. The average Bonchev–Trinajstić information content (AvgIpc) is 3.13. The number of ether oxygens (including phenoxy) is 1. The van der Waals surface area contributed by atoms with Gasteiger partial charge in [0.05, 0.1) is 5.41 Å². The van der Waals surface area contributed by atoms with Gasteiger partial charge in [0.15, 0.2) is 0 Å². The molecule has 4 atom stereocenters. The summed E-state index contributed by atoms with van der Waals surface area (Å²) in [5.41, 5.74) is 4.08. The normalized spacial score (nSPS) is 32.5. The molecule has 25 heavy (non-hydrogen) atoms. The van der Waals surface area contributed by atoms with Crippen molar-refractivity contribution in [3.05, 3.63) is 22.4 Å². The molecule has 0 aromatic carbocycles. The number of nitrogens with zero attached hydrogens (tertiary/aromatic N) is 1. The number of aliphatic carboxylic acids is 1. The predicted molar refractivity (Wildman–Crippen MR) is 92.8 cm³/mol. The lowest BCUT2D eigenvalue weighted by Gasteiger charge is -2.58. The summed E-state index contributed by atoms with van der Waals surface area (Å²) >= 11 is 2.70. The first-order chi connectivity index (χ1) is 11.7. The largest absolute Gasteiger partial charge is 0.481 e. The van der Waals surface area contributed by atoms with Crippen molar-refractivity contribution in [3.63, 3.8) is 0 Å². The van der Waals surface area contributed by atoms with Gasteiger partial charge < -0.3 is 25.8 Å². The molecular formula is C15H19N3O5S2. The van der Waals surface area contributed by atoms with Crippen molar-refractivity contribution in [2.24, 2.45) is 11.1 Å². The van der Waals surface area contributed by atoms with Gasteiger partial charge in [-0.2, -0.15) is 11.3 Å². The van der Waals surface area contributed by atoms with Gasteiger partial charge in [0, 0.05) is 19.4 Å². The number of hydrogen-bond acceptors (Lipinski definition) is 7. The Labute approximate surface area is 152 Å². The number of nitrogens with two attached hydrogens (primary N) is 1. The second-order valence-corrected chi connectivity index (χ2v) is 8.27. The molecule has 2 fully saturated rings. The van der Waals surface area contributed by atoms with Gasteiger partial charge in [-0.1, -0.05) is 0 Å². The van der Waals surface area contributed by atoms with Crippen molar-refractivity contribution in [1.82, 2.24) is 10.2 Å². The van der Waals surface area contributed by atoms with Crippen molar-refractivity contribution in [2.45, 2.75) is 24.1 Å². The quantitative estimate of drug-likeness (QED) is 0.489. The summed E-state index contributed by atoms with van der Waals surface area (Å²) in [6.07, 6.45) is 0. The van der Waals surface area contributed by atoms with Crippen LogP contribution in [0.25, 0.3) is 0 Å². The van der Waals surface area contributed by atoms with E-state index >= 15 is 0 Å². The van der Waals surface area contributed by atoms with E-state index in [4.69, 9.17) is 10.5 Å². The summed E-state index contributed by atoms with van der Waals surface area (Å²) in [7, 11) is 1.34. The van der Waals surface area contributed by atoms with Crippen LogP contribution in [-0.2, 0) is 19.1 Å². The fourth-order valence-corrected chi connectivity index (χ4v) is 5.25. The van der Waals surface area contributed by atoms with Crippen LogP contribution in [0, 0.1) is 5.41 Å². The van der Waals surface area contributed by atoms with Crippen LogP contribution in [0.5, 0.6) is 0 Å². The number of nitrogens with one attached hydrogen (secondary N) is 1. The van der Waals surface area contributed by atoms with E-state index in [2.05, 4.69) is 5.32 Å². The number of β-lactam (4-membered cyclic amide) rings is 1. The fourth-order valence-electron chi connectivity index (χ4n) is 2.97. The van der Waals surface area contributed by atoms with E-state index in [0.717, 1.165) is 0 Å². The standard InChI is InChI=1S/C15H19N3O5S2/c1-14(13(21)22)6-18-11(20)15(23-2,12(18)25-7-14)17-10(19)9(16)8-3-4-24-5-8/h3-5,9,12H,6-7,16H2,1-2H3,(H,17,19)(H,21,22)/t9?,12-,14?,15?/m1/s1. The van der Waals surface area contributed by atoms with Crippen molar-refractivity contribution in [1.29, 1.82) is 0 Å². The highest BCUT2D eigenvalue weighted by molar-refractivity contribution is 8.00. The molecule has 3 unspecified atom stereocenters. The lowest BCUT2D eigenvalue weighted by atomic mass is 9.88. The van der Waals surface area contributed by atoms with Crippen molar-refractivity contribution >= 4 is 40.9 Å². The second-order valence-electron chi connectivity index (χ2n) is 6.43. The first kappa shape index (κ1) is 18.2. The molecule has 2 aliphatic heterocycles. The minimum absolute atomic E-state index is 0.0798. The first-order valence-electron chi connectivity index (χ1n) is 7.56. The van der Waals surface area contributed by atoms with Crippen molar-refractivity contribution in [3.8, 4) is 0 Å². The summed E-state index contributed by atoms with van der Waals surface area (Å²) in [5.74, 6) is -1.61. The SMILES string of the molecule is COC1(NC(=O)C(N)c2ccsc2)C(=O)N2CC(C)(C(=O)O)CS[C@@H]21. The maximum Gasteiger partial charge on any atom is 0.312 e. The van der Waals surface area contributed by atoms with E-state index in [1.54, 1.807) is 18.4 Å². The topological polar surface area (TPSA) is 122 Å². The number of methoxy groups -OCH3 is 1. The molecule has 3 rings (SSSR count). The Kier molecular flexibility index (Phi) is 4.56. The molecule has 2 saturated heterocycles. The Morgan fingerprint density at radius 2 is 2.28 bits per heavy atom. The Bertz CT molecular complexity index is 712. The summed E-state index contributed by atoms with van der Waals surface area (Å²) in [4.78, 5) is 38.0. The number of carbonyl (C=O) groups excluding carboxylic acids is 2. The monoisotopic (exact) mass is 385 g/mol. The highest BCUT2D eigenvalue weighted by atomic mass is 32.2. The lowest BCUT2D eigenvalue weighted by Crippen LogP contribution is -2.82. The molecule has 0 bridgehead atoms. The van der Waals surface area contributed by atoms with E-state index in [1.165, 1.54) is 35.1 Å². The van der Waals surface area contributed by atoms with Gasteiger partial charge in [-0.15, -0.1) is 11.8 Å². The van der Waals surface area contributed by atoms with Crippen LogP contribution in [0.3, 0.4) is 0 Å². The molecular weight excluding hydrogens is 366 g/mol. The minimum Gasteiger partial charge on any atom is -0.481 e. The Morgan fingerprint density at radius 3 is 2.84 bits per heavy atom. The molecule has 0 spiro atoms. The Morgan fingerprint density at radius 1 is 1.56 bits per heavy atom. The van der Waals surface area contributed by atoms with Gasteiger partial charge in [-0.3, -0.25) is 14.4 Å². The predicted octanol–water partition coefficient (Wildman–Crippen LogP) is 0.213. The molecule has 0 saturated carbocycles. The van der Waals surface area contributed by atoms with Gasteiger partial charge in [0.2, 0.25) is 5.91 Å². The number of hydrogen-bond donors (Lipinski definition) is 3. The number of carboxylic acid groups (broad SMARTS) is 1. The number of thiophene rings is 1. The third-order valence-electron chi connectivity index (χ3n) is 4.62. The number of carboxylic acids is 1. The molecule has 1 aromatic rings. The van der Waals surface area contributed by atoms with Crippen molar-refractivity contribution < 1.29 is 24.2 Å². The Balaban J connectivity index is 1.76. The molecule has 8 nitrogen and oxygen atoms in total. The number of fused-ring (bicyclic) bond motifs is 1. The van der Waals surface area contributed by atoms with Crippen LogP contribution in [-0.4, -0.2) is 58.3 Å². The van der Waals surface area contributed by atoms with Crippen LogP contribution in [0.1, 0.15) is 18.5 Å². The summed E-state index contributed by atoms with van der Waals surface area (Å²) in [5, 5.41) is 15.1. The molecule has 0 aliphatic carbocycles. The van der Waals surface area contributed by atoms with Crippen LogP contribution in [0.4, 0.5) is 0 Å². The Hall–Kier alpha value is -1.62. The molecule has 0 radical (unpaired) electrons. The zero-order valence-corrected chi connectivity index (χ0v) is 15.4. The molecule has 10 heteroatoms. The highest BCUT2D eigenvalue weighted by Crippen LogP contribution is 2.47. The maximum absolute atomic E-state index is 12.6. The summed E-state index contributed by atoms with van der Waals surface area (Å²) in [6.45, 7) is 1.68. The van der Waals surface area contributed by atoms with Crippen molar-refractivity contribution in [2.75, 3.05) is 19.4 Å². The zero-order chi connectivity index (χ0) is 18.4. The van der Waals surface area contributed by atoms with E-state index in [-0.39, 0.29) is 6.54 Å². The molecule has 4 N–H and O–H groups in total. The number of carbonyl (C=O) groups is 3. The third-order valence-corrected chi connectivity index (χ3v) is 7.03. The van der Waals surface area contributed by atoms with Gasteiger partial charge in [-0.25, -0.2) is 0 Å². The second kappa shape index (κ2) is 6.27. The van der Waals surface area contributed by atoms with Gasteiger partial charge in [0.25, 0.3) is 11.6 Å². The highest BCUT2D eigenvalue weighted by Gasteiger charge is 2.67. The number of rotatable bonds is 5. The smallest absolute Gasteiger partial charge is 0.312 e. The van der Waals surface area contributed by atoms with Crippen LogP contribution < -0.4 is 11.1 Å². The van der Waals surface area contributed by atoms with Gasteiger partial charge >= 0.3 is 5.97 Å². The van der Waals surface area contributed by atoms with E-state index < -0.39 is 40.3 Å². The summed E-state index contributed by atoms with van der Waals surface area (Å²) in [6, 6.07) is 0.842. The molecule has 3 heterocycles. The lowest BCUT2D eigenvalue weighted by molar-refractivity contribution is -0.200. The average molecular weight is 385 g/mol. The van der Waals surface area contributed by atoms with Crippen LogP contribution in [0.15, 0.2) is 16.8 Å². The summed E-state index contributed by atoms with van der Waals surface area (Å²) < 4.78 is 5.38. The molecule has 1 aromatic heterocycles. The molecule has 2 amide bonds. The van der Waals surface area contributed by atoms with E-state index in [1.807, 2.05) is 5.38 Å². The molecule has 136 valence electrons. The first-order valence-corrected chi connectivity index (χ1v) is 9.55. The van der Waals surface area contributed by atoms with Crippen LogP contribution in [0.2, 0.25) is 0 Å². The third kappa shape index (κ3) is 2.73. The zero-order valence-electron chi connectivity index (χ0n) is 13.7. The van der Waals surface area contributed by atoms with Crippen LogP contribution >= 0.6 is 23.1 Å².